The van der Waals surface area contributed by atoms with Crippen LogP contribution in [0, 0.1) is 0 Å². The minimum atomic E-state index is -0.202. The molecule has 1 aromatic heterocycles. The minimum absolute atomic E-state index is 0.202. The van der Waals surface area contributed by atoms with Crippen molar-refractivity contribution in [2.24, 2.45) is 0 Å². The van der Waals surface area contributed by atoms with Gasteiger partial charge in [-0.05, 0) is 12.1 Å². The first-order chi connectivity index (χ1) is 6.72. The number of fused-ring (bicyclic) bond motifs is 1. The summed E-state index contributed by atoms with van der Waals surface area (Å²) in [5, 5.41) is 0.438. The summed E-state index contributed by atoms with van der Waals surface area (Å²) in [6.07, 6.45) is 0. The molecule has 3 N–H and O–H groups in total. The van der Waals surface area contributed by atoms with E-state index in [-0.39, 0.29) is 5.56 Å². The number of aromatic nitrogens is 2. The van der Waals surface area contributed by atoms with Gasteiger partial charge in [0.2, 0.25) is 0 Å². The molecular formula is C9H8BrN3O. The van der Waals surface area contributed by atoms with Gasteiger partial charge in [0.05, 0.1) is 22.1 Å². The van der Waals surface area contributed by atoms with E-state index in [0.717, 1.165) is 0 Å². The second-order valence-corrected chi connectivity index (χ2v) is 3.45. The Labute approximate surface area is 88.3 Å². The van der Waals surface area contributed by atoms with Crippen LogP contribution in [0.4, 0.5) is 5.69 Å². The molecule has 0 amide bonds. The number of H-pyrrole nitrogens is 1. The fraction of sp³-hybridized carbons (Fsp3) is 0.111. The van der Waals surface area contributed by atoms with Crippen molar-refractivity contribution in [3.8, 4) is 0 Å². The summed E-state index contributed by atoms with van der Waals surface area (Å²) in [6.45, 7) is 0. The van der Waals surface area contributed by atoms with Crippen molar-refractivity contribution in [1.82, 2.24) is 9.97 Å². The summed E-state index contributed by atoms with van der Waals surface area (Å²) in [5.41, 5.74) is 7.80. The number of nitrogen functional groups attached to an aromatic ring is 1. The molecule has 2 rings (SSSR count). The van der Waals surface area contributed by atoms with Gasteiger partial charge in [-0.1, -0.05) is 22.0 Å². The number of nitrogens with zero attached hydrogens (tertiary/aromatic N) is 1. The Bertz CT molecular complexity index is 535. The second-order valence-electron chi connectivity index (χ2n) is 2.89. The molecule has 0 bridgehead atoms. The van der Waals surface area contributed by atoms with Crippen LogP contribution in [0.2, 0.25) is 0 Å². The summed E-state index contributed by atoms with van der Waals surface area (Å²) in [7, 11) is 0. The molecule has 14 heavy (non-hydrogen) atoms. The Morgan fingerprint density at radius 3 is 3.00 bits per heavy atom. The van der Waals surface area contributed by atoms with Crippen molar-refractivity contribution in [2.45, 2.75) is 5.33 Å². The van der Waals surface area contributed by atoms with Gasteiger partial charge in [-0.2, -0.15) is 0 Å². The van der Waals surface area contributed by atoms with Crippen LogP contribution >= 0.6 is 15.9 Å². The van der Waals surface area contributed by atoms with E-state index < -0.39 is 0 Å². The summed E-state index contributed by atoms with van der Waals surface area (Å²) in [5.74, 6) is 0. The summed E-state index contributed by atoms with van der Waals surface area (Å²) < 4.78 is 0. The van der Waals surface area contributed by atoms with Crippen molar-refractivity contribution < 1.29 is 0 Å². The first-order valence-electron chi connectivity index (χ1n) is 4.05. The largest absolute Gasteiger partial charge is 0.397 e. The monoisotopic (exact) mass is 253 g/mol. The van der Waals surface area contributed by atoms with Crippen LogP contribution in [0.25, 0.3) is 11.0 Å². The topological polar surface area (TPSA) is 71.8 Å². The standard InChI is InChI=1S/C9H8BrN3O/c10-4-7-9(14)13-8-5(11)2-1-3-6(8)12-7/h1-3H,4,11H2,(H,13,14). The zero-order valence-electron chi connectivity index (χ0n) is 7.25. The molecule has 0 aliphatic rings. The molecule has 2 aromatic rings. The predicted molar refractivity (Wildman–Crippen MR) is 59.4 cm³/mol. The average Bonchev–Trinajstić information content (AvgIpc) is 2.19. The van der Waals surface area contributed by atoms with E-state index in [2.05, 4.69) is 25.9 Å². The molecule has 1 aromatic carbocycles. The van der Waals surface area contributed by atoms with Gasteiger partial charge in [-0.25, -0.2) is 4.98 Å². The van der Waals surface area contributed by atoms with E-state index in [1.54, 1.807) is 12.1 Å². The van der Waals surface area contributed by atoms with Crippen molar-refractivity contribution in [2.75, 3.05) is 5.73 Å². The number of nitrogens with one attached hydrogen (secondary N) is 1. The zero-order valence-corrected chi connectivity index (χ0v) is 8.84. The molecule has 0 radical (unpaired) electrons. The number of nitrogens with two attached hydrogens (primary N) is 1. The summed E-state index contributed by atoms with van der Waals surface area (Å²) in [6, 6.07) is 5.35. The first-order valence-corrected chi connectivity index (χ1v) is 5.18. The maximum Gasteiger partial charge on any atom is 0.271 e. The quantitative estimate of drug-likeness (QED) is 0.596. The SMILES string of the molecule is Nc1cccc2nc(CBr)c(=O)[nH]c12. The third-order valence-corrected chi connectivity index (χ3v) is 2.49. The van der Waals surface area contributed by atoms with Gasteiger partial charge < -0.3 is 10.7 Å². The lowest BCUT2D eigenvalue weighted by Gasteiger charge is -2.01. The smallest absolute Gasteiger partial charge is 0.271 e. The summed E-state index contributed by atoms with van der Waals surface area (Å²) >= 11 is 3.20. The molecule has 0 unspecified atom stereocenters. The molecule has 0 aliphatic carbocycles. The van der Waals surface area contributed by atoms with Gasteiger partial charge in [0, 0.05) is 0 Å². The number of para-hydroxylation sites is 1. The highest BCUT2D eigenvalue weighted by molar-refractivity contribution is 9.08. The van der Waals surface area contributed by atoms with Crippen LogP contribution < -0.4 is 11.3 Å². The summed E-state index contributed by atoms with van der Waals surface area (Å²) in [4.78, 5) is 18.3. The van der Waals surface area contributed by atoms with Crippen LogP contribution in [-0.4, -0.2) is 9.97 Å². The predicted octanol–water partition coefficient (Wildman–Crippen LogP) is 1.40. The number of anilines is 1. The van der Waals surface area contributed by atoms with Gasteiger partial charge in [0.15, 0.2) is 0 Å². The minimum Gasteiger partial charge on any atom is -0.397 e. The Balaban J connectivity index is 2.86. The zero-order chi connectivity index (χ0) is 10.1. The van der Waals surface area contributed by atoms with E-state index in [0.29, 0.717) is 27.7 Å². The fourth-order valence-electron chi connectivity index (χ4n) is 1.26. The van der Waals surface area contributed by atoms with E-state index in [1.165, 1.54) is 0 Å². The van der Waals surface area contributed by atoms with Crippen LogP contribution in [0.3, 0.4) is 0 Å². The molecule has 72 valence electrons. The van der Waals surface area contributed by atoms with Crippen LogP contribution in [0.1, 0.15) is 5.69 Å². The molecule has 0 saturated carbocycles. The van der Waals surface area contributed by atoms with E-state index in [9.17, 15) is 4.79 Å². The maximum atomic E-state index is 11.4. The lowest BCUT2D eigenvalue weighted by molar-refractivity contribution is 1.11. The van der Waals surface area contributed by atoms with Gasteiger partial charge >= 0.3 is 0 Å². The normalized spacial score (nSPS) is 10.6. The lowest BCUT2D eigenvalue weighted by atomic mass is 10.2. The average molecular weight is 254 g/mol. The molecule has 0 atom stereocenters. The van der Waals surface area contributed by atoms with Crippen LogP contribution in [-0.2, 0) is 5.33 Å². The first kappa shape index (κ1) is 9.21. The Hall–Kier alpha value is -1.36. The maximum absolute atomic E-state index is 11.4. The Morgan fingerprint density at radius 2 is 2.29 bits per heavy atom. The number of benzene rings is 1. The molecule has 5 heteroatoms. The van der Waals surface area contributed by atoms with E-state index in [4.69, 9.17) is 5.73 Å². The molecule has 0 fully saturated rings. The highest BCUT2D eigenvalue weighted by Gasteiger charge is 2.04. The number of alkyl halides is 1. The van der Waals surface area contributed by atoms with Gasteiger partial charge in [0.1, 0.15) is 5.69 Å². The molecule has 1 heterocycles. The van der Waals surface area contributed by atoms with Crippen LogP contribution in [0.15, 0.2) is 23.0 Å². The van der Waals surface area contributed by atoms with Gasteiger partial charge in [-0.15, -0.1) is 0 Å². The second kappa shape index (κ2) is 3.42. The molecule has 0 spiro atoms. The lowest BCUT2D eigenvalue weighted by Crippen LogP contribution is -2.14. The third kappa shape index (κ3) is 1.39. The Kier molecular flexibility index (Phi) is 2.25. The Morgan fingerprint density at radius 1 is 1.50 bits per heavy atom. The van der Waals surface area contributed by atoms with Gasteiger partial charge in [0.25, 0.3) is 5.56 Å². The van der Waals surface area contributed by atoms with Crippen molar-refractivity contribution >= 4 is 32.7 Å². The van der Waals surface area contributed by atoms with Crippen molar-refractivity contribution in [3.05, 3.63) is 34.2 Å². The number of hydrogen-bond donors (Lipinski definition) is 2. The number of rotatable bonds is 1. The number of hydrogen-bond acceptors (Lipinski definition) is 3. The molecular weight excluding hydrogens is 246 g/mol. The number of aromatic amines is 1. The van der Waals surface area contributed by atoms with E-state index >= 15 is 0 Å². The highest BCUT2D eigenvalue weighted by atomic mass is 79.9. The molecule has 0 aliphatic heterocycles. The fourth-order valence-corrected chi connectivity index (χ4v) is 1.64. The van der Waals surface area contributed by atoms with Crippen LogP contribution in [0.5, 0.6) is 0 Å². The number of halogens is 1. The van der Waals surface area contributed by atoms with Gasteiger partial charge in [-0.3, -0.25) is 4.79 Å². The molecule has 0 saturated heterocycles. The third-order valence-electron chi connectivity index (χ3n) is 1.96. The molecule has 4 nitrogen and oxygen atoms in total. The highest BCUT2D eigenvalue weighted by Crippen LogP contribution is 2.15. The van der Waals surface area contributed by atoms with Crippen molar-refractivity contribution in [3.63, 3.8) is 0 Å². The van der Waals surface area contributed by atoms with E-state index in [1.807, 2.05) is 6.07 Å². The van der Waals surface area contributed by atoms with Crippen molar-refractivity contribution in [1.29, 1.82) is 0 Å².